The highest BCUT2D eigenvalue weighted by Crippen LogP contribution is 2.61. The zero-order valence-corrected chi connectivity index (χ0v) is 21.0. The number of carbonyl (C=O) groups is 2. The topological polar surface area (TPSA) is 43.9 Å². The largest absolute Gasteiger partial charge is 0.416 e. The smallest absolute Gasteiger partial charge is 0.369 e. The van der Waals surface area contributed by atoms with Gasteiger partial charge in [-0.1, -0.05) is 18.2 Å². The maximum absolute atomic E-state index is 13.2. The molecular formula is C27H33ClF3N3O2. The van der Waals surface area contributed by atoms with E-state index < -0.39 is 11.7 Å². The van der Waals surface area contributed by atoms with Crippen LogP contribution in [0.25, 0.3) is 0 Å². The van der Waals surface area contributed by atoms with E-state index in [-0.39, 0.29) is 47.9 Å². The Morgan fingerprint density at radius 3 is 1.97 bits per heavy atom. The Labute approximate surface area is 216 Å². The van der Waals surface area contributed by atoms with Crippen LogP contribution in [0.3, 0.4) is 0 Å². The van der Waals surface area contributed by atoms with Gasteiger partial charge in [-0.2, -0.15) is 13.2 Å². The lowest BCUT2D eigenvalue weighted by atomic mass is 9.47. The van der Waals surface area contributed by atoms with Crippen LogP contribution in [0.2, 0.25) is 0 Å². The van der Waals surface area contributed by atoms with Gasteiger partial charge >= 0.3 is 6.18 Å². The van der Waals surface area contributed by atoms with Crippen LogP contribution in [-0.4, -0.2) is 60.9 Å². The number of allylic oxidation sites excluding steroid dienone is 2. The van der Waals surface area contributed by atoms with E-state index in [1.165, 1.54) is 25.0 Å². The molecule has 6 atom stereocenters. The molecule has 6 unspecified atom stereocenters. The first kappa shape index (κ1) is 25.6. The van der Waals surface area contributed by atoms with Gasteiger partial charge in [-0.15, -0.1) is 12.4 Å². The molecule has 2 amide bonds. The summed E-state index contributed by atoms with van der Waals surface area (Å²) < 4.78 is 39.1. The number of alkyl halides is 3. The fraction of sp³-hybridized carbons (Fsp3) is 0.630. The molecular weight excluding hydrogens is 491 g/mol. The lowest BCUT2D eigenvalue weighted by molar-refractivity contribution is -0.140. The van der Waals surface area contributed by atoms with E-state index in [0.717, 1.165) is 38.5 Å². The Hall–Kier alpha value is -2.06. The number of imide groups is 1. The van der Waals surface area contributed by atoms with Crippen molar-refractivity contribution in [3.8, 4) is 0 Å². The van der Waals surface area contributed by atoms with Crippen molar-refractivity contribution in [2.45, 2.75) is 31.9 Å². The third-order valence-corrected chi connectivity index (χ3v) is 9.26. The molecule has 4 fully saturated rings. The van der Waals surface area contributed by atoms with Gasteiger partial charge in [0.25, 0.3) is 0 Å². The zero-order chi connectivity index (χ0) is 24.3. The van der Waals surface area contributed by atoms with Crippen LogP contribution in [0.4, 0.5) is 18.9 Å². The van der Waals surface area contributed by atoms with E-state index in [1.807, 2.05) is 4.90 Å². The van der Waals surface area contributed by atoms with Crippen molar-refractivity contribution in [3.05, 3.63) is 42.0 Å². The Bertz CT molecular complexity index is 1000. The number of amides is 2. The van der Waals surface area contributed by atoms with Gasteiger partial charge in [-0.05, 0) is 74.1 Å². The third-order valence-electron chi connectivity index (χ3n) is 9.26. The third kappa shape index (κ3) is 4.24. The Morgan fingerprint density at radius 2 is 1.42 bits per heavy atom. The minimum Gasteiger partial charge on any atom is -0.369 e. The second-order valence-corrected chi connectivity index (χ2v) is 10.9. The number of likely N-dealkylation sites (tertiary alicyclic amines) is 1. The molecule has 36 heavy (non-hydrogen) atoms. The fourth-order valence-corrected chi connectivity index (χ4v) is 7.34. The van der Waals surface area contributed by atoms with Gasteiger partial charge in [0.15, 0.2) is 0 Å². The molecule has 2 saturated heterocycles. The van der Waals surface area contributed by atoms with Gasteiger partial charge in [0.1, 0.15) is 0 Å². The summed E-state index contributed by atoms with van der Waals surface area (Å²) >= 11 is 0. The van der Waals surface area contributed by atoms with Crippen LogP contribution in [0.1, 0.15) is 31.2 Å². The highest BCUT2D eigenvalue weighted by molar-refractivity contribution is 6.06. The maximum Gasteiger partial charge on any atom is 0.416 e. The first-order valence-corrected chi connectivity index (χ1v) is 13.0. The average molecular weight is 524 g/mol. The van der Waals surface area contributed by atoms with E-state index in [1.54, 1.807) is 11.0 Å². The number of anilines is 1. The van der Waals surface area contributed by atoms with E-state index >= 15 is 0 Å². The van der Waals surface area contributed by atoms with Crippen LogP contribution in [-0.2, 0) is 15.8 Å². The van der Waals surface area contributed by atoms with Gasteiger partial charge in [-0.25, -0.2) is 0 Å². The van der Waals surface area contributed by atoms with E-state index in [0.29, 0.717) is 37.2 Å². The summed E-state index contributed by atoms with van der Waals surface area (Å²) in [5, 5.41) is 0. The Balaban J connectivity index is 0.00000267. The van der Waals surface area contributed by atoms with Crippen molar-refractivity contribution in [1.82, 2.24) is 9.80 Å². The monoisotopic (exact) mass is 523 g/mol. The summed E-state index contributed by atoms with van der Waals surface area (Å²) in [7, 11) is 0. The molecule has 0 radical (unpaired) electrons. The molecule has 0 aromatic heterocycles. The van der Waals surface area contributed by atoms with Crippen LogP contribution >= 0.6 is 12.4 Å². The molecule has 6 aliphatic rings. The molecule has 1 aromatic carbocycles. The summed E-state index contributed by atoms with van der Waals surface area (Å²) in [6, 6.07) is 5.54. The molecule has 1 aromatic rings. The molecule has 9 heteroatoms. The fourth-order valence-electron chi connectivity index (χ4n) is 7.34. The molecule has 7 rings (SSSR count). The predicted molar refractivity (Wildman–Crippen MR) is 133 cm³/mol. The van der Waals surface area contributed by atoms with Crippen molar-refractivity contribution >= 4 is 29.9 Å². The first-order chi connectivity index (χ1) is 16.8. The van der Waals surface area contributed by atoms with Crippen LogP contribution in [0, 0.1) is 35.5 Å². The Kier molecular flexibility index (Phi) is 6.87. The van der Waals surface area contributed by atoms with Gasteiger partial charge in [0.05, 0.1) is 17.4 Å². The average Bonchev–Trinajstić information content (AvgIpc) is 3.08. The molecule has 0 spiro atoms. The summed E-state index contributed by atoms with van der Waals surface area (Å²) in [6.07, 6.45) is 4.19. The van der Waals surface area contributed by atoms with Crippen LogP contribution < -0.4 is 4.90 Å². The van der Waals surface area contributed by atoms with Gasteiger partial charge in [0.2, 0.25) is 11.8 Å². The van der Waals surface area contributed by atoms with Crippen molar-refractivity contribution in [1.29, 1.82) is 0 Å². The second kappa shape index (κ2) is 9.67. The van der Waals surface area contributed by atoms with Crippen molar-refractivity contribution in [3.63, 3.8) is 0 Å². The van der Waals surface area contributed by atoms with Gasteiger partial charge in [0, 0.05) is 38.4 Å². The number of halogens is 4. The lowest BCUT2D eigenvalue weighted by Gasteiger charge is -2.55. The van der Waals surface area contributed by atoms with Gasteiger partial charge < -0.3 is 4.90 Å². The maximum atomic E-state index is 13.2. The van der Waals surface area contributed by atoms with Crippen molar-refractivity contribution in [2.24, 2.45) is 35.5 Å². The summed E-state index contributed by atoms with van der Waals surface area (Å²) in [5.41, 5.74) is 0.00334. The molecule has 2 aliphatic heterocycles. The minimum atomic E-state index is -4.33. The minimum absolute atomic E-state index is 0. The number of hydrogen-bond donors (Lipinski definition) is 0. The highest BCUT2D eigenvalue weighted by Gasteiger charge is 2.63. The van der Waals surface area contributed by atoms with Crippen LogP contribution in [0.15, 0.2) is 36.4 Å². The highest BCUT2D eigenvalue weighted by atomic mass is 35.5. The van der Waals surface area contributed by atoms with E-state index in [4.69, 9.17) is 0 Å². The number of hydrogen-bond acceptors (Lipinski definition) is 4. The molecule has 4 aliphatic carbocycles. The van der Waals surface area contributed by atoms with E-state index in [2.05, 4.69) is 17.1 Å². The van der Waals surface area contributed by atoms with Crippen LogP contribution in [0.5, 0.6) is 0 Å². The Morgan fingerprint density at radius 1 is 0.833 bits per heavy atom. The number of carbonyl (C=O) groups excluding carboxylic acids is 2. The summed E-state index contributed by atoms with van der Waals surface area (Å²) in [5.74, 6) is 1.61. The number of piperazine rings is 1. The summed E-state index contributed by atoms with van der Waals surface area (Å²) in [4.78, 5) is 32.2. The molecule has 2 heterocycles. The molecule has 2 saturated carbocycles. The standard InChI is InChI=1S/C27H32F3N3O2.ClH/c28-27(29,30)17-4-3-5-18(16-17)32-14-12-31(13-15-32)10-1-2-11-33-25(34)23-21-8-9-22(24(23)26(33)35)20-7-6-19(20)21;/h3-5,8-9,16,19-24H,1-2,6-7,10-15H2;1H. The first-order valence-electron chi connectivity index (χ1n) is 13.0. The lowest BCUT2D eigenvalue weighted by Crippen LogP contribution is -2.53. The summed E-state index contributed by atoms with van der Waals surface area (Å²) in [6.45, 7) is 4.33. The van der Waals surface area contributed by atoms with Gasteiger partial charge in [-0.3, -0.25) is 19.4 Å². The normalized spacial score (nSPS) is 33.3. The predicted octanol–water partition coefficient (Wildman–Crippen LogP) is 4.47. The van der Waals surface area contributed by atoms with Crippen molar-refractivity contribution in [2.75, 3.05) is 44.2 Å². The number of nitrogens with zero attached hydrogens (tertiary/aromatic N) is 3. The zero-order valence-electron chi connectivity index (χ0n) is 20.2. The molecule has 196 valence electrons. The number of benzene rings is 1. The number of unbranched alkanes of at least 4 members (excludes halogenated alkanes) is 1. The SMILES string of the molecule is Cl.O=C1C2C3C=CC(C4CCC34)C2C(=O)N1CCCCN1CCN(c2cccc(C(F)(F)F)c2)CC1. The quantitative estimate of drug-likeness (QED) is 0.313. The van der Waals surface area contributed by atoms with E-state index in [9.17, 15) is 22.8 Å². The molecule has 2 bridgehead atoms. The van der Waals surface area contributed by atoms with Crippen molar-refractivity contribution < 1.29 is 22.8 Å². The molecule has 5 nitrogen and oxygen atoms in total. The number of rotatable bonds is 6. The second-order valence-electron chi connectivity index (χ2n) is 10.9. The molecule has 0 N–H and O–H groups in total.